The predicted molar refractivity (Wildman–Crippen MR) is 127 cm³/mol. The molecule has 0 spiro atoms. The maximum Gasteiger partial charge on any atom is 0.282 e. The number of carbonyl (C=O) groups is 2. The van der Waals surface area contributed by atoms with Gasteiger partial charge in [-0.2, -0.15) is 17.0 Å². The minimum absolute atomic E-state index is 0.0417. The Morgan fingerprint density at radius 3 is 2.44 bits per heavy atom. The van der Waals surface area contributed by atoms with Gasteiger partial charge >= 0.3 is 0 Å². The van der Waals surface area contributed by atoms with E-state index in [0.29, 0.717) is 25.1 Å². The minimum atomic E-state index is -3.56. The summed E-state index contributed by atoms with van der Waals surface area (Å²) in [4.78, 5) is 27.9. The largest absolute Gasteiger partial charge is 0.297 e. The van der Waals surface area contributed by atoms with E-state index < -0.39 is 28.0 Å². The Labute approximate surface area is 200 Å². The van der Waals surface area contributed by atoms with Gasteiger partial charge in [0, 0.05) is 35.4 Å². The summed E-state index contributed by atoms with van der Waals surface area (Å²) < 4.78 is 42.7. The second kappa shape index (κ2) is 9.16. The molecule has 10 heteroatoms. The van der Waals surface area contributed by atoms with Gasteiger partial charge in [0.1, 0.15) is 11.9 Å². The van der Waals surface area contributed by atoms with Crippen molar-refractivity contribution in [3.05, 3.63) is 63.5 Å². The molecule has 2 aliphatic rings. The molecular formula is C22H23FIN3O4S. The van der Waals surface area contributed by atoms with Gasteiger partial charge in [-0.3, -0.25) is 14.5 Å². The van der Waals surface area contributed by atoms with Crippen molar-refractivity contribution in [1.29, 1.82) is 0 Å². The number of hydrogen-bond acceptors (Lipinski definition) is 4. The molecule has 4 rings (SSSR count). The van der Waals surface area contributed by atoms with Crippen molar-refractivity contribution >= 4 is 50.2 Å². The van der Waals surface area contributed by atoms with Crippen LogP contribution in [0.2, 0.25) is 0 Å². The van der Waals surface area contributed by atoms with Crippen molar-refractivity contribution < 1.29 is 22.4 Å². The normalized spacial score (nSPS) is 20.2. The van der Waals surface area contributed by atoms with Crippen molar-refractivity contribution in [1.82, 2.24) is 8.61 Å². The van der Waals surface area contributed by atoms with E-state index >= 15 is 0 Å². The second-order valence-corrected chi connectivity index (χ2v) is 11.1. The van der Waals surface area contributed by atoms with Crippen molar-refractivity contribution in [2.24, 2.45) is 5.92 Å². The van der Waals surface area contributed by atoms with E-state index in [4.69, 9.17) is 0 Å². The van der Waals surface area contributed by atoms with Crippen LogP contribution >= 0.6 is 22.6 Å². The smallest absolute Gasteiger partial charge is 0.282 e. The fourth-order valence-corrected chi connectivity index (χ4v) is 6.29. The zero-order chi connectivity index (χ0) is 23.0. The Balaban J connectivity index is 1.72. The lowest BCUT2D eigenvalue weighted by atomic mass is 9.97. The molecule has 2 aromatic carbocycles. The predicted octanol–water partition coefficient (Wildman–Crippen LogP) is 2.98. The summed E-state index contributed by atoms with van der Waals surface area (Å²) in [6.07, 6.45) is 0.341. The lowest BCUT2D eigenvalue weighted by Crippen LogP contribution is -2.43. The Hall–Kier alpha value is -1.89. The van der Waals surface area contributed by atoms with Crippen LogP contribution in [0, 0.1) is 15.3 Å². The maximum atomic E-state index is 14.1. The Bertz CT molecular complexity index is 1160. The molecule has 2 aromatic rings. The van der Waals surface area contributed by atoms with E-state index in [-0.39, 0.29) is 30.5 Å². The van der Waals surface area contributed by atoms with Crippen molar-refractivity contribution in [2.45, 2.75) is 19.4 Å². The topological polar surface area (TPSA) is 77.8 Å². The lowest BCUT2D eigenvalue weighted by Gasteiger charge is -2.33. The van der Waals surface area contributed by atoms with Crippen LogP contribution in [0.3, 0.4) is 0 Å². The molecule has 170 valence electrons. The number of benzene rings is 2. The van der Waals surface area contributed by atoms with Crippen LogP contribution in [0.15, 0.2) is 48.5 Å². The molecular weight excluding hydrogens is 548 g/mol. The lowest BCUT2D eigenvalue weighted by molar-refractivity contribution is -0.126. The number of anilines is 1. The molecule has 0 unspecified atom stereocenters. The zero-order valence-corrected chi connectivity index (χ0v) is 20.4. The number of rotatable bonds is 7. The molecule has 0 aliphatic carbocycles. The Kier molecular flexibility index (Phi) is 6.66. The number of ketones is 1. The van der Waals surface area contributed by atoms with Crippen LogP contribution in [-0.2, 0) is 19.8 Å². The van der Waals surface area contributed by atoms with E-state index in [1.165, 1.54) is 38.6 Å². The SMILES string of the molecule is CC(=O)[C@H](c1ccccc1I)N(C(=O)[C@H]1CCN(S(=O)(=O)N2CC2)C1)c1cccc(F)c1. The molecule has 32 heavy (non-hydrogen) atoms. The quantitative estimate of drug-likeness (QED) is 0.379. The zero-order valence-electron chi connectivity index (χ0n) is 17.4. The molecule has 2 aliphatic heterocycles. The average Bonchev–Trinajstić information content (AvgIpc) is 3.49. The highest BCUT2D eigenvalue weighted by molar-refractivity contribution is 14.1. The molecule has 0 radical (unpaired) electrons. The van der Waals surface area contributed by atoms with E-state index in [2.05, 4.69) is 22.6 Å². The van der Waals surface area contributed by atoms with Gasteiger partial charge in [0.05, 0.1) is 5.92 Å². The molecule has 2 fully saturated rings. The third kappa shape index (κ3) is 4.59. The standard InChI is InChI=1S/C22H23FIN3O4S/c1-15(28)21(19-7-2-3-8-20(19)24)27(18-6-4-5-17(23)13-18)22(29)16-9-10-26(14-16)32(30,31)25-11-12-25/h2-8,13,16,21H,9-12,14H2,1H3/t16-,21+/m0/s1. The van der Waals surface area contributed by atoms with E-state index in [9.17, 15) is 22.4 Å². The first-order valence-electron chi connectivity index (χ1n) is 10.3. The van der Waals surface area contributed by atoms with Crippen molar-refractivity contribution in [3.8, 4) is 0 Å². The summed E-state index contributed by atoms with van der Waals surface area (Å²) in [6.45, 7) is 2.66. The van der Waals surface area contributed by atoms with Crippen LogP contribution in [0.4, 0.5) is 10.1 Å². The summed E-state index contributed by atoms with van der Waals surface area (Å²) in [6, 6.07) is 11.9. The molecule has 0 aromatic heterocycles. The number of hydrogen-bond donors (Lipinski definition) is 0. The fourth-order valence-electron chi connectivity index (χ4n) is 4.04. The number of carbonyl (C=O) groups excluding carboxylic acids is 2. The average molecular weight is 571 g/mol. The molecule has 0 bridgehead atoms. The van der Waals surface area contributed by atoms with Gasteiger partial charge < -0.3 is 0 Å². The van der Waals surface area contributed by atoms with Gasteiger partial charge in [-0.25, -0.2) is 4.39 Å². The summed E-state index contributed by atoms with van der Waals surface area (Å²) in [7, 11) is -3.56. The van der Waals surface area contributed by atoms with Gasteiger partial charge in [0.25, 0.3) is 10.2 Å². The number of amides is 1. The van der Waals surface area contributed by atoms with Crippen molar-refractivity contribution in [3.63, 3.8) is 0 Å². The minimum Gasteiger partial charge on any atom is -0.297 e. The monoisotopic (exact) mass is 571 g/mol. The number of Topliss-reactive ketones (excluding diaryl/α,β-unsaturated/α-hetero) is 1. The molecule has 1 amide bonds. The van der Waals surface area contributed by atoms with Gasteiger partial charge in [-0.15, -0.1) is 0 Å². The van der Waals surface area contributed by atoms with Gasteiger partial charge in [-0.1, -0.05) is 24.3 Å². The molecule has 7 nitrogen and oxygen atoms in total. The summed E-state index contributed by atoms with van der Waals surface area (Å²) in [5.41, 5.74) is 0.909. The van der Waals surface area contributed by atoms with Gasteiger partial charge in [0.15, 0.2) is 5.78 Å². The Morgan fingerprint density at radius 2 is 1.81 bits per heavy atom. The molecule has 0 N–H and O–H groups in total. The first-order valence-corrected chi connectivity index (χ1v) is 12.8. The summed E-state index contributed by atoms with van der Waals surface area (Å²) in [5, 5.41) is 0. The van der Waals surface area contributed by atoms with E-state index in [1.807, 2.05) is 12.1 Å². The van der Waals surface area contributed by atoms with Crippen LogP contribution in [-0.4, -0.2) is 54.9 Å². The molecule has 2 heterocycles. The summed E-state index contributed by atoms with van der Waals surface area (Å²) in [5.74, 6) is -1.81. The second-order valence-electron chi connectivity index (χ2n) is 7.97. The van der Waals surface area contributed by atoms with Crippen LogP contribution in [0.5, 0.6) is 0 Å². The molecule has 2 atom stereocenters. The highest BCUT2D eigenvalue weighted by Crippen LogP contribution is 2.35. The Morgan fingerprint density at radius 1 is 1.09 bits per heavy atom. The highest BCUT2D eigenvalue weighted by Gasteiger charge is 2.44. The van der Waals surface area contributed by atoms with E-state index in [0.717, 1.165) is 3.57 Å². The summed E-state index contributed by atoms with van der Waals surface area (Å²) >= 11 is 2.11. The number of nitrogens with zero attached hydrogens (tertiary/aromatic N) is 3. The van der Waals surface area contributed by atoms with Gasteiger partial charge in [-0.05, 0) is 65.8 Å². The first kappa shape index (κ1) is 23.3. The van der Waals surface area contributed by atoms with Gasteiger partial charge in [0.2, 0.25) is 5.91 Å². The third-order valence-electron chi connectivity index (χ3n) is 5.73. The number of halogens is 2. The van der Waals surface area contributed by atoms with Crippen molar-refractivity contribution in [2.75, 3.05) is 31.1 Å². The molecule has 2 saturated heterocycles. The maximum absolute atomic E-state index is 14.1. The third-order valence-corrected chi connectivity index (χ3v) is 8.71. The van der Waals surface area contributed by atoms with Crippen LogP contribution in [0.1, 0.15) is 24.9 Å². The van der Waals surface area contributed by atoms with Crippen LogP contribution in [0.25, 0.3) is 0 Å². The van der Waals surface area contributed by atoms with E-state index in [1.54, 1.807) is 18.2 Å². The highest BCUT2D eigenvalue weighted by atomic mass is 127. The first-order chi connectivity index (χ1) is 15.2. The molecule has 0 saturated carbocycles. The fraction of sp³-hybridized carbons (Fsp3) is 0.364. The van der Waals surface area contributed by atoms with Crippen LogP contribution < -0.4 is 4.90 Å².